The maximum atomic E-state index is 11.5. The Balaban J connectivity index is 2.66. The molecule has 0 bridgehead atoms. The minimum Gasteiger partial charge on any atom is -0.396 e. The van der Waals surface area contributed by atoms with Crippen molar-refractivity contribution in [2.24, 2.45) is 0 Å². The number of carbonyl (C=O) groups is 1. The maximum absolute atomic E-state index is 11.5. The fourth-order valence-corrected chi connectivity index (χ4v) is 1.26. The van der Waals surface area contributed by atoms with E-state index in [4.69, 9.17) is 10.4 Å². The molecule has 0 aliphatic carbocycles. The number of rotatable bonds is 5. The molecule has 0 aliphatic heterocycles. The van der Waals surface area contributed by atoms with Gasteiger partial charge < -0.3 is 10.4 Å². The van der Waals surface area contributed by atoms with E-state index in [1.165, 1.54) is 0 Å². The SMILES string of the molecule is CC(C)n1cc(C#N)c(NC(=O)NCCCO)n1. The van der Waals surface area contributed by atoms with Crippen LogP contribution in [-0.4, -0.2) is 34.1 Å². The van der Waals surface area contributed by atoms with E-state index >= 15 is 0 Å². The molecule has 0 saturated heterocycles. The molecule has 0 aromatic carbocycles. The lowest BCUT2D eigenvalue weighted by atomic mass is 10.3. The Morgan fingerprint density at radius 2 is 2.39 bits per heavy atom. The maximum Gasteiger partial charge on any atom is 0.320 e. The van der Waals surface area contributed by atoms with Gasteiger partial charge in [-0.2, -0.15) is 10.4 Å². The molecule has 0 aliphatic rings. The van der Waals surface area contributed by atoms with E-state index in [0.717, 1.165) is 0 Å². The zero-order valence-electron chi connectivity index (χ0n) is 10.5. The molecule has 0 spiro atoms. The molecule has 2 amide bonds. The molecular weight excluding hydrogens is 234 g/mol. The van der Waals surface area contributed by atoms with Crippen LogP contribution in [0.15, 0.2) is 6.20 Å². The summed E-state index contributed by atoms with van der Waals surface area (Å²) in [7, 11) is 0. The van der Waals surface area contributed by atoms with Crippen molar-refractivity contribution in [3.63, 3.8) is 0 Å². The molecule has 3 N–H and O–H groups in total. The summed E-state index contributed by atoms with van der Waals surface area (Å²) in [5, 5.41) is 26.7. The van der Waals surface area contributed by atoms with E-state index in [-0.39, 0.29) is 18.5 Å². The largest absolute Gasteiger partial charge is 0.396 e. The molecule has 7 nitrogen and oxygen atoms in total. The van der Waals surface area contributed by atoms with Gasteiger partial charge in [-0.25, -0.2) is 4.79 Å². The highest BCUT2D eigenvalue weighted by molar-refractivity contribution is 5.89. The summed E-state index contributed by atoms with van der Waals surface area (Å²) in [6, 6.07) is 1.66. The molecule has 0 radical (unpaired) electrons. The van der Waals surface area contributed by atoms with Crippen LogP contribution in [0, 0.1) is 11.3 Å². The Morgan fingerprint density at radius 3 is 2.94 bits per heavy atom. The summed E-state index contributed by atoms with van der Waals surface area (Å²) in [5.74, 6) is 0.243. The summed E-state index contributed by atoms with van der Waals surface area (Å²) in [6.45, 7) is 4.25. The van der Waals surface area contributed by atoms with Crippen molar-refractivity contribution in [1.82, 2.24) is 15.1 Å². The van der Waals surface area contributed by atoms with Gasteiger partial charge in [0.2, 0.25) is 0 Å². The first-order chi connectivity index (χ1) is 8.58. The fraction of sp³-hybridized carbons (Fsp3) is 0.545. The standard InChI is InChI=1S/C11H17N5O2/c1-8(2)16-7-9(6-12)10(15-16)14-11(18)13-4-3-5-17/h7-8,17H,3-5H2,1-2H3,(H2,13,14,15,18). The van der Waals surface area contributed by atoms with Crippen LogP contribution in [-0.2, 0) is 0 Å². The molecule has 0 unspecified atom stereocenters. The molecule has 98 valence electrons. The normalized spacial score (nSPS) is 10.2. The van der Waals surface area contributed by atoms with Crippen LogP contribution in [0.1, 0.15) is 31.9 Å². The number of nitrogens with zero attached hydrogens (tertiary/aromatic N) is 3. The third-order valence-electron chi connectivity index (χ3n) is 2.23. The summed E-state index contributed by atoms with van der Waals surface area (Å²) < 4.78 is 1.61. The van der Waals surface area contributed by atoms with Gasteiger partial charge in [-0.05, 0) is 20.3 Å². The lowest BCUT2D eigenvalue weighted by Crippen LogP contribution is -2.30. The number of anilines is 1. The Hall–Kier alpha value is -2.07. The van der Waals surface area contributed by atoms with Gasteiger partial charge in [0.1, 0.15) is 11.6 Å². The fourth-order valence-electron chi connectivity index (χ4n) is 1.26. The van der Waals surface area contributed by atoms with Gasteiger partial charge in [-0.1, -0.05) is 0 Å². The predicted octanol–water partition coefficient (Wildman–Crippen LogP) is 0.840. The molecule has 18 heavy (non-hydrogen) atoms. The number of urea groups is 1. The van der Waals surface area contributed by atoms with Gasteiger partial charge in [0, 0.05) is 25.4 Å². The monoisotopic (exact) mass is 251 g/mol. The molecule has 0 fully saturated rings. The molecule has 1 aromatic rings. The third-order valence-corrected chi connectivity index (χ3v) is 2.23. The zero-order chi connectivity index (χ0) is 13.5. The lowest BCUT2D eigenvalue weighted by Gasteiger charge is -2.05. The van der Waals surface area contributed by atoms with Crippen LogP contribution in [0.3, 0.4) is 0 Å². The topological polar surface area (TPSA) is 103 Å². The van der Waals surface area contributed by atoms with Crippen LogP contribution >= 0.6 is 0 Å². The number of nitriles is 1. The second kappa shape index (κ2) is 6.61. The van der Waals surface area contributed by atoms with Crippen molar-refractivity contribution < 1.29 is 9.90 Å². The van der Waals surface area contributed by atoms with Gasteiger partial charge in [0.25, 0.3) is 0 Å². The molecule has 0 saturated carbocycles. The van der Waals surface area contributed by atoms with Crippen LogP contribution < -0.4 is 10.6 Å². The summed E-state index contributed by atoms with van der Waals surface area (Å²) in [6.07, 6.45) is 2.08. The minimum atomic E-state index is -0.436. The average Bonchev–Trinajstić information content (AvgIpc) is 2.72. The zero-order valence-corrected chi connectivity index (χ0v) is 10.5. The first-order valence-corrected chi connectivity index (χ1v) is 5.73. The third kappa shape index (κ3) is 3.75. The highest BCUT2D eigenvalue weighted by atomic mass is 16.3. The molecular formula is C11H17N5O2. The van der Waals surface area contributed by atoms with Crippen molar-refractivity contribution in [2.45, 2.75) is 26.3 Å². The summed E-state index contributed by atoms with van der Waals surface area (Å²) in [4.78, 5) is 11.5. The number of aliphatic hydroxyl groups is 1. The summed E-state index contributed by atoms with van der Waals surface area (Å²) in [5.41, 5.74) is 0.320. The van der Waals surface area contributed by atoms with Gasteiger partial charge in [0.15, 0.2) is 5.82 Å². The van der Waals surface area contributed by atoms with Crippen LogP contribution in [0.25, 0.3) is 0 Å². The molecule has 1 aromatic heterocycles. The van der Waals surface area contributed by atoms with Crippen molar-refractivity contribution in [3.05, 3.63) is 11.8 Å². The number of hydrogen-bond acceptors (Lipinski definition) is 4. The van der Waals surface area contributed by atoms with Gasteiger partial charge >= 0.3 is 6.03 Å². The predicted molar refractivity (Wildman–Crippen MR) is 66.1 cm³/mol. The van der Waals surface area contributed by atoms with E-state index in [2.05, 4.69) is 15.7 Å². The Morgan fingerprint density at radius 1 is 1.67 bits per heavy atom. The number of nitrogens with one attached hydrogen (secondary N) is 2. The summed E-state index contributed by atoms with van der Waals surface area (Å²) >= 11 is 0. The van der Waals surface area contributed by atoms with Crippen molar-refractivity contribution >= 4 is 11.8 Å². The van der Waals surface area contributed by atoms with Crippen molar-refractivity contribution in [2.75, 3.05) is 18.5 Å². The van der Waals surface area contributed by atoms with Crippen molar-refractivity contribution in [1.29, 1.82) is 5.26 Å². The van der Waals surface area contributed by atoms with Crippen molar-refractivity contribution in [3.8, 4) is 6.07 Å². The van der Waals surface area contributed by atoms with Gasteiger partial charge in [-0.3, -0.25) is 10.00 Å². The van der Waals surface area contributed by atoms with E-state index < -0.39 is 6.03 Å². The Labute approximate surface area is 105 Å². The first kappa shape index (κ1) is 14.0. The quantitative estimate of drug-likeness (QED) is 0.674. The number of aromatic nitrogens is 2. The average molecular weight is 251 g/mol. The smallest absolute Gasteiger partial charge is 0.320 e. The van der Waals surface area contributed by atoms with E-state index in [9.17, 15) is 4.79 Å². The number of hydrogen-bond donors (Lipinski definition) is 3. The molecule has 1 rings (SSSR count). The second-order valence-corrected chi connectivity index (χ2v) is 4.04. The number of aliphatic hydroxyl groups excluding tert-OH is 1. The number of amides is 2. The van der Waals surface area contributed by atoms with Gasteiger partial charge in [-0.15, -0.1) is 0 Å². The highest BCUT2D eigenvalue weighted by Crippen LogP contribution is 2.14. The van der Waals surface area contributed by atoms with E-state index in [1.807, 2.05) is 19.9 Å². The first-order valence-electron chi connectivity index (χ1n) is 5.73. The Bertz CT molecular complexity index is 447. The molecule has 1 heterocycles. The lowest BCUT2D eigenvalue weighted by molar-refractivity contribution is 0.248. The Kier molecular flexibility index (Phi) is 5.14. The van der Waals surface area contributed by atoms with Crippen LogP contribution in [0.5, 0.6) is 0 Å². The second-order valence-electron chi connectivity index (χ2n) is 4.04. The van der Waals surface area contributed by atoms with Gasteiger partial charge in [0.05, 0.1) is 0 Å². The van der Waals surface area contributed by atoms with E-state index in [0.29, 0.717) is 18.5 Å². The van der Waals surface area contributed by atoms with E-state index in [1.54, 1.807) is 10.9 Å². The highest BCUT2D eigenvalue weighted by Gasteiger charge is 2.12. The van der Waals surface area contributed by atoms with Crippen LogP contribution in [0.4, 0.5) is 10.6 Å². The molecule has 7 heteroatoms. The molecule has 0 atom stereocenters. The van der Waals surface area contributed by atoms with Crippen LogP contribution in [0.2, 0.25) is 0 Å². The number of carbonyl (C=O) groups excluding carboxylic acids is 1. The minimum absolute atomic E-state index is 0.0195.